The SMILES string of the molecule is CP(CP(CP(CP(c1ccccc1)c1ccccc1)c1ccccc1)c1ccccc1)c1ccccc1.c1ccc(P(CP(c2ccccc2)c2ccccc2)CP(c2ccccc2)c2ccccc2)cc1. The van der Waals surface area contributed by atoms with Crippen molar-refractivity contribution < 1.29 is 0 Å². The van der Waals surface area contributed by atoms with E-state index in [9.17, 15) is 0 Å². The summed E-state index contributed by atoms with van der Waals surface area (Å²) in [6.07, 6.45) is 0. The predicted molar refractivity (Wildman–Crippen MR) is 339 cm³/mol. The molecule has 0 saturated carbocycles. The van der Waals surface area contributed by atoms with Gasteiger partial charge in [0.25, 0.3) is 0 Å². The predicted octanol–water partition coefficient (Wildman–Crippen LogP) is 15.0. The number of benzene rings is 10. The molecular weight excluding hydrogens is 1010 g/mol. The molecule has 0 heterocycles. The molecule has 10 rings (SSSR count). The minimum absolute atomic E-state index is 0.202. The molecule has 73 heavy (non-hydrogen) atoms. The third-order valence-corrected chi connectivity index (χ3v) is 35.7. The molecule has 362 valence electrons. The third kappa shape index (κ3) is 15.6. The molecule has 0 N–H and O–H groups in total. The highest BCUT2D eigenvalue weighted by molar-refractivity contribution is 7.93. The molecule has 0 bridgehead atoms. The molecule has 3 atom stereocenters. The summed E-state index contributed by atoms with van der Waals surface area (Å²) in [7, 11) is -2.51. The Morgan fingerprint density at radius 3 is 0.562 bits per heavy atom. The molecule has 0 aliphatic carbocycles. The fraction of sp³-hybridized carbons (Fsp3) is 0.0909. The largest absolute Gasteiger partial charge is 0.0738 e. The summed E-state index contributed by atoms with van der Waals surface area (Å²) < 4.78 is 0. The van der Waals surface area contributed by atoms with Gasteiger partial charge in [0.1, 0.15) is 0 Å². The van der Waals surface area contributed by atoms with E-state index in [0.717, 1.165) is 0 Å². The summed E-state index contributed by atoms with van der Waals surface area (Å²) in [6, 6.07) is 112. The fourth-order valence-corrected chi connectivity index (χ4v) is 35.2. The van der Waals surface area contributed by atoms with Crippen LogP contribution in [-0.4, -0.2) is 36.2 Å². The van der Waals surface area contributed by atoms with Crippen molar-refractivity contribution in [1.29, 1.82) is 0 Å². The average Bonchev–Trinajstić information content (AvgIpc) is 3.48. The molecule has 10 aromatic rings. The molecule has 0 nitrogen and oxygen atoms in total. The van der Waals surface area contributed by atoms with E-state index in [-0.39, 0.29) is 31.7 Å². The Bertz CT molecular complexity index is 2850. The van der Waals surface area contributed by atoms with Gasteiger partial charge in [-0.2, -0.15) is 0 Å². The van der Waals surface area contributed by atoms with Gasteiger partial charge in [-0.3, -0.25) is 0 Å². The zero-order valence-corrected chi connectivity index (χ0v) is 47.8. The molecule has 0 spiro atoms. The van der Waals surface area contributed by atoms with E-state index >= 15 is 0 Å². The van der Waals surface area contributed by atoms with Crippen LogP contribution < -0.4 is 53.0 Å². The average molecular weight is 1070 g/mol. The van der Waals surface area contributed by atoms with Gasteiger partial charge in [0.15, 0.2) is 0 Å². The van der Waals surface area contributed by atoms with Crippen molar-refractivity contribution in [2.45, 2.75) is 0 Å². The highest BCUT2D eigenvalue weighted by Crippen LogP contribution is 2.60. The van der Waals surface area contributed by atoms with Crippen LogP contribution in [0.5, 0.6) is 0 Å². The number of hydrogen-bond acceptors (Lipinski definition) is 0. The van der Waals surface area contributed by atoms with E-state index in [0.29, 0.717) is 0 Å². The lowest BCUT2D eigenvalue weighted by Crippen LogP contribution is -2.19. The molecule has 7 heteroatoms. The third-order valence-electron chi connectivity index (χ3n) is 12.6. The first-order valence-electron chi connectivity index (χ1n) is 25.0. The maximum Gasteiger partial charge on any atom is 0.000369 e. The van der Waals surface area contributed by atoms with Crippen LogP contribution >= 0.6 is 55.5 Å². The number of rotatable bonds is 20. The summed E-state index contributed by atoms with van der Waals surface area (Å²) in [5, 5.41) is 15.0. The molecule has 10 aromatic carbocycles. The van der Waals surface area contributed by atoms with Gasteiger partial charge in [-0.05, 0) is 95.3 Å². The van der Waals surface area contributed by atoms with Gasteiger partial charge >= 0.3 is 0 Å². The normalized spacial score (nSPS) is 12.5. The molecule has 0 aliphatic heterocycles. The molecule has 0 saturated heterocycles. The second-order valence-corrected chi connectivity index (χ2v) is 35.7. The van der Waals surface area contributed by atoms with Crippen LogP contribution in [0.15, 0.2) is 303 Å². The van der Waals surface area contributed by atoms with Crippen LogP contribution in [0, 0.1) is 0 Å². The quantitative estimate of drug-likeness (QED) is 0.0667. The fourth-order valence-electron chi connectivity index (χ4n) is 8.86. The Labute approximate surface area is 445 Å². The molecule has 0 amide bonds. The smallest absolute Gasteiger partial charge is 0.000369 e. The molecule has 0 fully saturated rings. The zero-order chi connectivity index (χ0) is 49.7. The second kappa shape index (κ2) is 28.8. The highest BCUT2D eigenvalue weighted by atomic mass is 31.2. The Hall–Kier alpha value is -4.79. The van der Waals surface area contributed by atoms with Crippen LogP contribution in [0.2, 0.25) is 0 Å². The lowest BCUT2D eigenvalue weighted by molar-refractivity contribution is 1.73. The Morgan fingerprint density at radius 1 is 0.178 bits per heavy atom. The van der Waals surface area contributed by atoms with E-state index < -0.39 is 23.8 Å². The first-order valence-corrected chi connectivity index (χ1v) is 36.6. The zero-order valence-electron chi connectivity index (χ0n) is 41.5. The van der Waals surface area contributed by atoms with E-state index in [2.05, 4.69) is 310 Å². The number of hydrogen-bond donors (Lipinski definition) is 0. The maximum atomic E-state index is 2.48. The first-order chi connectivity index (χ1) is 36.2. The summed E-state index contributed by atoms with van der Waals surface area (Å²) in [4.78, 5) is 0. The van der Waals surface area contributed by atoms with Gasteiger partial charge in [-0.1, -0.05) is 335 Å². The van der Waals surface area contributed by atoms with Crippen LogP contribution in [0.3, 0.4) is 0 Å². The molecule has 0 aliphatic rings. The molecule has 3 unspecified atom stereocenters. The first kappa shape index (κ1) is 53.1. The van der Waals surface area contributed by atoms with Gasteiger partial charge in [0.05, 0.1) is 0 Å². The van der Waals surface area contributed by atoms with E-state index in [1.54, 1.807) is 10.6 Å². The molecular formula is C66H63P7. The van der Waals surface area contributed by atoms with Crippen molar-refractivity contribution in [3.63, 3.8) is 0 Å². The monoisotopic (exact) mass is 1070 g/mol. The minimum atomic E-state index is -0.443. The summed E-state index contributed by atoms with van der Waals surface area (Å²) in [5.74, 6) is 6.24. The van der Waals surface area contributed by atoms with Gasteiger partial charge in [-0.25, -0.2) is 0 Å². The van der Waals surface area contributed by atoms with Gasteiger partial charge in [0.2, 0.25) is 0 Å². The van der Waals surface area contributed by atoms with Crippen LogP contribution in [0.25, 0.3) is 0 Å². The minimum Gasteiger partial charge on any atom is -0.0738 e. The lowest BCUT2D eigenvalue weighted by Gasteiger charge is -2.31. The van der Waals surface area contributed by atoms with Gasteiger partial charge in [0, 0.05) is 17.7 Å². The van der Waals surface area contributed by atoms with Gasteiger partial charge < -0.3 is 0 Å². The van der Waals surface area contributed by atoms with Gasteiger partial charge in [-0.15, -0.1) is 0 Å². The maximum absolute atomic E-state index is 2.48. The van der Waals surface area contributed by atoms with Crippen molar-refractivity contribution in [3.05, 3.63) is 303 Å². The Morgan fingerprint density at radius 2 is 0.342 bits per heavy atom. The standard InChI is InChI=1S/C34H34P4.C32H29P3/c1-35(30-17-7-2-8-18-30)27-36(31-19-9-3-10-20-31)28-37(32-21-11-4-12-22-32)29-38(33-23-13-5-14-24-33)34-25-15-6-16-26-34;1-6-16-28(17-7-1)33(26-34(29-18-8-2-9-19-29)30-20-10-3-11-21-30)27-35(31-22-12-4-13-23-31)32-24-14-5-15-25-32/h2-26H,27-29H2,1H3;1-25H,26-27H2. The molecule has 0 radical (unpaired) electrons. The second-order valence-electron chi connectivity index (χ2n) is 17.7. The van der Waals surface area contributed by atoms with Crippen LogP contribution in [0.1, 0.15) is 0 Å². The van der Waals surface area contributed by atoms with E-state index in [1.165, 1.54) is 72.0 Å². The highest BCUT2D eigenvalue weighted by Gasteiger charge is 2.27. The van der Waals surface area contributed by atoms with Crippen molar-refractivity contribution in [3.8, 4) is 0 Å². The summed E-state index contributed by atoms with van der Waals surface area (Å²) in [5.41, 5.74) is 0. The van der Waals surface area contributed by atoms with E-state index in [4.69, 9.17) is 0 Å². The van der Waals surface area contributed by atoms with E-state index in [1.807, 2.05) is 0 Å². The van der Waals surface area contributed by atoms with Crippen molar-refractivity contribution >= 4 is 108 Å². The van der Waals surface area contributed by atoms with Crippen molar-refractivity contribution in [2.24, 2.45) is 0 Å². The summed E-state index contributed by atoms with van der Waals surface area (Å²) >= 11 is 0. The van der Waals surface area contributed by atoms with Crippen LogP contribution in [0.4, 0.5) is 0 Å². The van der Waals surface area contributed by atoms with Crippen molar-refractivity contribution in [2.75, 3.05) is 36.2 Å². The Balaban J connectivity index is 0.000000180. The lowest BCUT2D eigenvalue weighted by atomic mass is 10.4. The summed E-state index contributed by atoms with van der Waals surface area (Å²) in [6.45, 7) is 2.48. The Kier molecular flexibility index (Phi) is 20.9. The molecule has 0 aromatic heterocycles. The van der Waals surface area contributed by atoms with Crippen LogP contribution in [-0.2, 0) is 0 Å². The topological polar surface area (TPSA) is 0 Å². The van der Waals surface area contributed by atoms with Crippen molar-refractivity contribution in [1.82, 2.24) is 0 Å².